The van der Waals surface area contributed by atoms with Crippen LogP contribution >= 0.6 is 0 Å². The summed E-state index contributed by atoms with van der Waals surface area (Å²) < 4.78 is 3.79. The molecule has 0 saturated heterocycles. The summed E-state index contributed by atoms with van der Waals surface area (Å²) in [5.74, 6) is 1.24. The summed E-state index contributed by atoms with van der Waals surface area (Å²) in [6.45, 7) is 8.90. The smallest absolute Gasteiger partial charge is 0.256 e. The number of aryl methyl sites for hydroxylation is 2. The van der Waals surface area contributed by atoms with Gasteiger partial charge in [0.25, 0.3) is 5.91 Å². The van der Waals surface area contributed by atoms with Crippen molar-refractivity contribution in [2.75, 3.05) is 6.54 Å². The highest BCUT2D eigenvalue weighted by Gasteiger charge is 2.23. The number of aromatic nitrogens is 3. The van der Waals surface area contributed by atoms with E-state index in [-0.39, 0.29) is 5.91 Å². The molecule has 0 aliphatic carbocycles. The van der Waals surface area contributed by atoms with Crippen molar-refractivity contribution < 1.29 is 4.79 Å². The molecule has 5 heteroatoms. The molecule has 0 aliphatic rings. The van der Waals surface area contributed by atoms with Crippen LogP contribution in [0.3, 0.4) is 0 Å². The highest BCUT2D eigenvalue weighted by molar-refractivity contribution is 5.98. The first-order valence-corrected chi connectivity index (χ1v) is 9.05. The third-order valence-electron chi connectivity index (χ3n) is 4.37. The van der Waals surface area contributed by atoms with Crippen molar-refractivity contribution in [2.45, 2.75) is 34.1 Å². The van der Waals surface area contributed by atoms with Gasteiger partial charge in [-0.2, -0.15) is 5.10 Å². The van der Waals surface area contributed by atoms with Crippen LogP contribution in [0.25, 0.3) is 11.5 Å². The standard InChI is InChI=1S/C21H26N4O/c1-15(2)10-11-22-20(26)19-17(4)23-25(18-9-7-8-16(3)14-18)21(19)24-12-5-6-13-24/h5-9,12-15H,10-11H2,1-4H3,(H,22,26). The minimum atomic E-state index is -0.0780. The van der Waals surface area contributed by atoms with Gasteiger partial charge in [0.1, 0.15) is 5.56 Å². The lowest BCUT2D eigenvalue weighted by atomic mass is 10.1. The van der Waals surface area contributed by atoms with Gasteiger partial charge >= 0.3 is 0 Å². The number of carbonyl (C=O) groups excluding carboxylic acids is 1. The molecule has 136 valence electrons. The average molecular weight is 350 g/mol. The van der Waals surface area contributed by atoms with Crippen molar-refractivity contribution in [3.05, 3.63) is 65.6 Å². The fourth-order valence-electron chi connectivity index (χ4n) is 3.00. The lowest BCUT2D eigenvalue weighted by molar-refractivity contribution is 0.0951. The maximum absolute atomic E-state index is 12.9. The quantitative estimate of drug-likeness (QED) is 0.729. The largest absolute Gasteiger partial charge is 0.352 e. The molecule has 0 atom stereocenters. The molecule has 2 heterocycles. The van der Waals surface area contributed by atoms with Crippen LogP contribution in [0.4, 0.5) is 0 Å². The Bertz CT molecular complexity index is 891. The zero-order valence-corrected chi connectivity index (χ0v) is 15.9. The summed E-state index contributed by atoms with van der Waals surface area (Å²) in [5.41, 5.74) is 3.43. The van der Waals surface area contributed by atoms with Crippen LogP contribution in [0.1, 0.15) is 41.9 Å². The maximum Gasteiger partial charge on any atom is 0.256 e. The number of amides is 1. The second-order valence-electron chi connectivity index (χ2n) is 7.06. The third-order valence-corrected chi connectivity index (χ3v) is 4.37. The highest BCUT2D eigenvalue weighted by Crippen LogP contribution is 2.23. The molecule has 26 heavy (non-hydrogen) atoms. The van der Waals surface area contributed by atoms with E-state index in [9.17, 15) is 4.79 Å². The summed E-state index contributed by atoms with van der Waals surface area (Å²) in [7, 11) is 0. The van der Waals surface area contributed by atoms with E-state index in [1.807, 2.05) is 52.8 Å². The third kappa shape index (κ3) is 3.72. The lowest BCUT2D eigenvalue weighted by Crippen LogP contribution is -2.27. The minimum absolute atomic E-state index is 0.0780. The molecular weight excluding hydrogens is 324 g/mol. The fraction of sp³-hybridized carbons (Fsp3) is 0.333. The molecule has 5 nitrogen and oxygen atoms in total. The number of carbonyl (C=O) groups is 1. The molecule has 0 aliphatic heterocycles. The zero-order chi connectivity index (χ0) is 18.7. The molecule has 0 bridgehead atoms. The van der Waals surface area contributed by atoms with Crippen molar-refractivity contribution in [3.63, 3.8) is 0 Å². The second kappa shape index (κ2) is 7.60. The van der Waals surface area contributed by atoms with E-state index >= 15 is 0 Å². The molecule has 0 fully saturated rings. The van der Waals surface area contributed by atoms with E-state index < -0.39 is 0 Å². The van der Waals surface area contributed by atoms with Crippen LogP contribution in [-0.2, 0) is 0 Å². The van der Waals surface area contributed by atoms with Crippen LogP contribution in [0.15, 0.2) is 48.8 Å². The van der Waals surface area contributed by atoms with E-state index in [0.717, 1.165) is 29.2 Å². The predicted molar refractivity (Wildman–Crippen MR) is 104 cm³/mol. The predicted octanol–water partition coefficient (Wildman–Crippen LogP) is 4.06. The number of hydrogen-bond donors (Lipinski definition) is 1. The Hall–Kier alpha value is -2.82. The Kier molecular flexibility index (Phi) is 5.26. The SMILES string of the molecule is Cc1cccc(-n2nc(C)c(C(=O)NCCC(C)C)c2-n2cccc2)c1. The Morgan fingerprint density at radius 1 is 1.15 bits per heavy atom. The monoisotopic (exact) mass is 350 g/mol. The van der Waals surface area contributed by atoms with E-state index in [4.69, 9.17) is 0 Å². The molecule has 2 aromatic heterocycles. The van der Waals surface area contributed by atoms with Gasteiger partial charge in [-0.15, -0.1) is 0 Å². The molecular formula is C21H26N4O. The lowest BCUT2D eigenvalue weighted by Gasteiger charge is -2.12. The van der Waals surface area contributed by atoms with Gasteiger partial charge in [0.15, 0.2) is 5.82 Å². The minimum Gasteiger partial charge on any atom is -0.352 e. The summed E-state index contributed by atoms with van der Waals surface area (Å²) >= 11 is 0. The van der Waals surface area contributed by atoms with Crippen LogP contribution in [0.2, 0.25) is 0 Å². The molecule has 1 aromatic carbocycles. The van der Waals surface area contributed by atoms with Gasteiger partial charge in [0, 0.05) is 18.9 Å². The van der Waals surface area contributed by atoms with Crippen molar-refractivity contribution in [1.82, 2.24) is 19.7 Å². The van der Waals surface area contributed by atoms with Crippen molar-refractivity contribution in [1.29, 1.82) is 0 Å². The normalized spacial score (nSPS) is 11.1. The molecule has 1 N–H and O–H groups in total. The molecule has 0 saturated carbocycles. The van der Waals surface area contributed by atoms with Crippen LogP contribution in [-0.4, -0.2) is 26.8 Å². The van der Waals surface area contributed by atoms with Gasteiger partial charge in [-0.1, -0.05) is 26.0 Å². The number of benzene rings is 1. The Morgan fingerprint density at radius 2 is 1.88 bits per heavy atom. The number of hydrogen-bond acceptors (Lipinski definition) is 2. The van der Waals surface area contributed by atoms with Crippen LogP contribution < -0.4 is 5.32 Å². The number of nitrogens with zero attached hydrogens (tertiary/aromatic N) is 3. The van der Waals surface area contributed by atoms with E-state index in [1.54, 1.807) is 0 Å². The molecule has 3 aromatic rings. The fourth-order valence-corrected chi connectivity index (χ4v) is 3.00. The van der Waals surface area contributed by atoms with E-state index in [2.05, 4.69) is 43.3 Å². The second-order valence-corrected chi connectivity index (χ2v) is 7.06. The molecule has 0 unspecified atom stereocenters. The summed E-state index contributed by atoms with van der Waals surface area (Å²) in [4.78, 5) is 12.9. The van der Waals surface area contributed by atoms with Gasteiger partial charge in [0.2, 0.25) is 0 Å². The van der Waals surface area contributed by atoms with Gasteiger partial charge in [0.05, 0.1) is 11.4 Å². The molecule has 1 amide bonds. The number of nitrogens with one attached hydrogen (secondary N) is 1. The van der Waals surface area contributed by atoms with Gasteiger partial charge < -0.3 is 9.88 Å². The van der Waals surface area contributed by atoms with Gasteiger partial charge in [-0.05, 0) is 56.0 Å². The first-order chi connectivity index (χ1) is 12.5. The van der Waals surface area contributed by atoms with Crippen molar-refractivity contribution >= 4 is 5.91 Å². The van der Waals surface area contributed by atoms with Crippen LogP contribution in [0, 0.1) is 19.8 Å². The number of rotatable bonds is 6. The van der Waals surface area contributed by atoms with Gasteiger partial charge in [-0.3, -0.25) is 4.79 Å². The summed E-state index contributed by atoms with van der Waals surface area (Å²) in [6.07, 6.45) is 4.83. The zero-order valence-electron chi connectivity index (χ0n) is 15.9. The summed E-state index contributed by atoms with van der Waals surface area (Å²) in [6, 6.07) is 12.0. The topological polar surface area (TPSA) is 51.9 Å². The van der Waals surface area contributed by atoms with Crippen molar-refractivity contribution in [3.8, 4) is 11.5 Å². The van der Waals surface area contributed by atoms with E-state index in [1.165, 1.54) is 0 Å². The molecule has 0 radical (unpaired) electrons. The maximum atomic E-state index is 12.9. The highest BCUT2D eigenvalue weighted by atomic mass is 16.1. The molecule has 3 rings (SSSR count). The Labute approximate surface area is 154 Å². The first-order valence-electron chi connectivity index (χ1n) is 9.05. The Balaban J connectivity index is 2.06. The van der Waals surface area contributed by atoms with E-state index in [0.29, 0.717) is 18.0 Å². The average Bonchev–Trinajstić information content (AvgIpc) is 3.21. The van der Waals surface area contributed by atoms with Crippen LogP contribution in [0.5, 0.6) is 0 Å². The van der Waals surface area contributed by atoms with Gasteiger partial charge in [-0.25, -0.2) is 4.68 Å². The molecule has 0 spiro atoms. The Morgan fingerprint density at radius 3 is 2.54 bits per heavy atom. The summed E-state index contributed by atoms with van der Waals surface area (Å²) in [5, 5.41) is 7.72. The first kappa shape index (κ1) is 18.0. The van der Waals surface area contributed by atoms with Crippen molar-refractivity contribution in [2.24, 2.45) is 5.92 Å².